The molecule has 0 unspecified atom stereocenters. The molecule has 2 aromatic carbocycles. The van der Waals surface area contributed by atoms with Crippen molar-refractivity contribution in [1.82, 2.24) is 5.32 Å². The van der Waals surface area contributed by atoms with Crippen LogP contribution >= 0.6 is 0 Å². The van der Waals surface area contributed by atoms with Gasteiger partial charge in [0.1, 0.15) is 11.6 Å². The highest BCUT2D eigenvalue weighted by atomic mass is 19.1. The number of non-ortho nitro benzene ring substituents is 1. The Morgan fingerprint density at radius 1 is 1.18 bits per heavy atom. The number of nitro groups is 1. The molecule has 0 saturated carbocycles. The normalized spacial score (nSPS) is 14.5. The fraction of sp³-hybridized carbons (Fsp3) is 0.304. The fourth-order valence-corrected chi connectivity index (χ4v) is 3.50. The topological polar surface area (TPSA) is 102 Å². The van der Waals surface area contributed by atoms with Crippen molar-refractivity contribution in [1.29, 1.82) is 0 Å². The Balaban J connectivity index is 2.17. The number of rotatable bonds is 5. The van der Waals surface area contributed by atoms with Crippen LogP contribution < -0.4 is 15.0 Å². The summed E-state index contributed by atoms with van der Waals surface area (Å²) in [5.74, 6) is -1.88. The summed E-state index contributed by atoms with van der Waals surface area (Å²) in [7, 11) is 1.37. The van der Waals surface area contributed by atoms with Gasteiger partial charge in [0.25, 0.3) is 5.69 Å². The number of carbonyl (C=O) groups excluding carboxylic acids is 2. The molecular weight excluding hydrogens is 436 g/mol. The van der Waals surface area contributed by atoms with Crippen molar-refractivity contribution < 1.29 is 28.0 Å². The number of ether oxygens (including phenoxy) is 1. The first-order valence-electron chi connectivity index (χ1n) is 10.1. The van der Waals surface area contributed by atoms with Crippen LogP contribution in [0, 0.1) is 21.7 Å². The molecule has 0 radical (unpaired) electrons. The Morgan fingerprint density at radius 2 is 1.88 bits per heavy atom. The summed E-state index contributed by atoms with van der Waals surface area (Å²) in [5, 5.41) is 13.0. The van der Waals surface area contributed by atoms with Crippen molar-refractivity contribution in [3.63, 3.8) is 0 Å². The van der Waals surface area contributed by atoms with E-state index >= 15 is 4.39 Å². The molecule has 2 aromatic rings. The van der Waals surface area contributed by atoms with Gasteiger partial charge in [-0.25, -0.2) is 13.6 Å². The van der Waals surface area contributed by atoms with Crippen molar-refractivity contribution in [3.8, 4) is 5.75 Å². The van der Waals surface area contributed by atoms with Crippen LogP contribution in [0.5, 0.6) is 5.75 Å². The molecule has 0 atom stereocenters. The SMILES string of the molecule is COc1c(C(C)(C)C)cc(N2CCC(=O)NC2=O)c(F)c1/C=C/c1ccc([N+](=O)[O-])cc1F. The molecule has 33 heavy (non-hydrogen) atoms. The predicted molar refractivity (Wildman–Crippen MR) is 119 cm³/mol. The van der Waals surface area contributed by atoms with Crippen molar-refractivity contribution in [3.05, 3.63) is 62.7 Å². The number of hydrogen-bond donors (Lipinski definition) is 1. The molecule has 1 N–H and O–H groups in total. The summed E-state index contributed by atoms with van der Waals surface area (Å²) in [6.45, 7) is 5.65. The van der Waals surface area contributed by atoms with Crippen LogP contribution in [-0.2, 0) is 10.2 Å². The van der Waals surface area contributed by atoms with Crippen molar-refractivity contribution in [2.45, 2.75) is 32.6 Å². The van der Waals surface area contributed by atoms with Gasteiger partial charge < -0.3 is 4.74 Å². The van der Waals surface area contributed by atoms with E-state index in [0.717, 1.165) is 17.0 Å². The lowest BCUT2D eigenvalue weighted by molar-refractivity contribution is -0.385. The van der Waals surface area contributed by atoms with Crippen LogP contribution in [-0.4, -0.2) is 30.5 Å². The molecule has 8 nitrogen and oxygen atoms in total. The zero-order valence-electron chi connectivity index (χ0n) is 18.6. The number of amides is 3. The molecule has 1 heterocycles. The van der Waals surface area contributed by atoms with E-state index in [1.807, 2.05) is 20.8 Å². The Labute approximate surface area is 189 Å². The number of anilines is 1. The molecule has 0 aromatic heterocycles. The van der Waals surface area contributed by atoms with Gasteiger partial charge in [0, 0.05) is 30.2 Å². The molecule has 10 heteroatoms. The zero-order chi connectivity index (χ0) is 24.5. The summed E-state index contributed by atoms with van der Waals surface area (Å²) in [6, 6.07) is 3.90. The lowest BCUT2D eigenvalue weighted by Gasteiger charge is -2.31. The fourth-order valence-electron chi connectivity index (χ4n) is 3.50. The molecule has 0 aliphatic carbocycles. The van der Waals surface area contributed by atoms with Gasteiger partial charge >= 0.3 is 6.03 Å². The number of imide groups is 1. The summed E-state index contributed by atoms with van der Waals surface area (Å²) in [6.07, 6.45) is 2.58. The van der Waals surface area contributed by atoms with Gasteiger partial charge in [-0.05, 0) is 23.6 Å². The summed E-state index contributed by atoms with van der Waals surface area (Å²) in [5.41, 5.74) is -0.397. The van der Waals surface area contributed by atoms with Gasteiger partial charge in [-0.1, -0.05) is 26.8 Å². The van der Waals surface area contributed by atoms with E-state index in [0.29, 0.717) is 5.56 Å². The van der Waals surface area contributed by atoms with Crippen molar-refractivity contribution in [2.75, 3.05) is 18.6 Å². The number of urea groups is 1. The highest BCUT2D eigenvalue weighted by Crippen LogP contribution is 2.41. The maximum atomic E-state index is 15.7. The van der Waals surface area contributed by atoms with E-state index in [-0.39, 0.29) is 35.5 Å². The van der Waals surface area contributed by atoms with Crippen LogP contribution in [0.15, 0.2) is 24.3 Å². The minimum atomic E-state index is -0.846. The maximum Gasteiger partial charge on any atom is 0.328 e. The standard InChI is InChI=1S/C23H23F2N3O5/c1-23(2,3)16-12-18(27-10-9-19(29)26-22(27)30)20(25)15(21(16)33-4)8-6-13-5-7-14(28(31)32)11-17(13)24/h5-8,11-12H,9-10H2,1-4H3,(H,26,29,30)/b8-6+. The smallest absolute Gasteiger partial charge is 0.328 e. The average Bonchev–Trinajstić information content (AvgIpc) is 2.72. The van der Waals surface area contributed by atoms with E-state index in [1.54, 1.807) is 0 Å². The van der Waals surface area contributed by atoms with E-state index in [4.69, 9.17) is 4.74 Å². The van der Waals surface area contributed by atoms with Gasteiger partial charge in [-0.2, -0.15) is 0 Å². The first-order chi connectivity index (χ1) is 15.4. The Hall–Kier alpha value is -3.82. The van der Waals surface area contributed by atoms with E-state index in [9.17, 15) is 24.1 Å². The van der Waals surface area contributed by atoms with Crippen LogP contribution in [0.3, 0.4) is 0 Å². The number of nitrogens with zero attached hydrogens (tertiary/aromatic N) is 2. The lowest BCUT2D eigenvalue weighted by atomic mass is 9.84. The van der Waals surface area contributed by atoms with Gasteiger partial charge in [-0.3, -0.25) is 25.1 Å². The predicted octanol–water partition coefficient (Wildman–Crippen LogP) is 4.80. The highest BCUT2D eigenvalue weighted by Gasteiger charge is 2.31. The summed E-state index contributed by atoms with van der Waals surface area (Å²) in [4.78, 5) is 35.1. The Bertz CT molecular complexity index is 1170. The maximum absolute atomic E-state index is 15.7. The molecule has 1 aliphatic heterocycles. The van der Waals surface area contributed by atoms with Crippen LogP contribution in [0.25, 0.3) is 12.2 Å². The third-order valence-electron chi connectivity index (χ3n) is 5.21. The third-order valence-corrected chi connectivity index (χ3v) is 5.21. The van der Waals surface area contributed by atoms with E-state index in [2.05, 4.69) is 5.32 Å². The number of halogens is 2. The molecule has 0 bridgehead atoms. The minimum absolute atomic E-state index is 0.00235. The summed E-state index contributed by atoms with van der Waals surface area (Å²) < 4.78 is 35.5. The number of nitro benzene ring substituents is 1. The second-order valence-electron chi connectivity index (χ2n) is 8.51. The zero-order valence-corrected chi connectivity index (χ0v) is 18.6. The van der Waals surface area contributed by atoms with Gasteiger partial charge in [-0.15, -0.1) is 0 Å². The van der Waals surface area contributed by atoms with Gasteiger partial charge in [0.2, 0.25) is 5.91 Å². The minimum Gasteiger partial charge on any atom is -0.496 e. The molecule has 3 amide bonds. The lowest BCUT2D eigenvalue weighted by Crippen LogP contribution is -2.50. The summed E-state index contributed by atoms with van der Waals surface area (Å²) >= 11 is 0. The second-order valence-corrected chi connectivity index (χ2v) is 8.51. The third kappa shape index (κ3) is 4.84. The number of benzene rings is 2. The number of carbonyl (C=O) groups is 2. The first kappa shape index (κ1) is 23.8. The highest BCUT2D eigenvalue weighted by molar-refractivity contribution is 6.06. The number of methoxy groups -OCH3 is 1. The molecule has 1 aliphatic rings. The average molecular weight is 459 g/mol. The molecule has 174 valence electrons. The van der Waals surface area contributed by atoms with E-state index in [1.165, 1.54) is 31.4 Å². The molecule has 3 rings (SSSR count). The largest absolute Gasteiger partial charge is 0.496 e. The monoisotopic (exact) mass is 459 g/mol. The molecular formula is C23H23F2N3O5. The first-order valence-corrected chi connectivity index (χ1v) is 10.1. The van der Waals surface area contributed by atoms with Crippen LogP contribution in [0.2, 0.25) is 0 Å². The molecule has 1 saturated heterocycles. The Morgan fingerprint density at radius 3 is 2.42 bits per heavy atom. The Kier molecular flexibility index (Phi) is 6.48. The van der Waals surface area contributed by atoms with E-state index < -0.39 is 39.6 Å². The van der Waals surface area contributed by atoms with Crippen LogP contribution in [0.4, 0.5) is 25.0 Å². The molecule has 1 fully saturated rings. The van der Waals surface area contributed by atoms with Crippen LogP contribution in [0.1, 0.15) is 43.9 Å². The van der Waals surface area contributed by atoms with Crippen molar-refractivity contribution in [2.24, 2.45) is 0 Å². The molecule has 0 spiro atoms. The van der Waals surface area contributed by atoms with Gasteiger partial charge in [0.15, 0.2) is 5.82 Å². The second kappa shape index (κ2) is 8.97. The quantitative estimate of drug-likeness (QED) is 0.393. The van der Waals surface area contributed by atoms with Crippen molar-refractivity contribution >= 4 is 35.5 Å². The number of hydrogen-bond acceptors (Lipinski definition) is 5. The van der Waals surface area contributed by atoms with Gasteiger partial charge in [0.05, 0.1) is 29.4 Å². The number of nitrogens with one attached hydrogen (secondary N) is 1.